The van der Waals surface area contributed by atoms with E-state index in [0.717, 1.165) is 54.9 Å². The van der Waals surface area contributed by atoms with Crippen LogP contribution in [-0.2, 0) is 60.5 Å². The van der Waals surface area contributed by atoms with Crippen LogP contribution in [0.5, 0.6) is 0 Å². The smallest absolute Gasteiger partial charge is 0.303 e. The molecule has 0 aromatic rings. The third kappa shape index (κ3) is 18.1. The molecule has 8 aliphatic heterocycles. The molecule has 18 atom stereocenters. The topological polar surface area (TPSA) is 156 Å². The molecule has 19 heteroatoms. The molecule has 8 heterocycles. The van der Waals surface area contributed by atoms with Crippen molar-refractivity contribution in [2.75, 3.05) is 18.1 Å². The molecule has 5 fully saturated rings. The van der Waals surface area contributed by atoms with Crippen molar-refractivity contribution in [3.05, 3.63) is 24.3 Å². The number of aliphatic hydroxyl groups is 1. The summed E-state index contributed by atoms with van der Waals surface area (Å²) in [4.78, 5) is 28.3. The number of carbonyl (C=O) groups excluding carboxylic acids is 2. The number of ether oxygens (including phenoxy) is 7. The van der Waals surface area contributed by atoms with Gasteiger partial charge in [-0.15, -0.1) is 0 Å². The average Bonchev–Trinajstić information content (AvgIpc) is 2.14. The first-order chi connectivity index (χ1) is 38.9. The first-order valence-corrected chi connectivity index (χ1v) is 45.9. The zero-order chi connectivity index (χ0) is 63.8. The van der Waals surface area contributed by atoms with Crippen molar-refractivity contribution in [2.24, 2.45) is 11.8 Å². The van der Waals surface area contributed by atoms with Gasteiger partial charge in [-0.1, -0.05) is 131 Å². The van der Waals surface area contributed by atoms with Crippen LogP contribution in [-0.4, -0.2) is 165 Å². The van der Waals surface area contributed by atoms with Gasteiger partial charge in [0.15, 0.2) is 33.3 Å². The molecule has 0 aromatic carbocycles. The van der Waals surface area contributed by atoms with Crippen LogP contribution in [0.25, 0.3) is 0 Å². The van der Waals surface area contributed by atoms with Gasteiger partial charge < -0.3 is 56.0 Å². The number of carbonyl (C=O) groups is 2. The number of alkyl halides is 1. The highest BCUT2D eigenvalue weighted by atomic mass is 127. The van der Waals surface area contributed by atoms with Gasteiger partial charge in [0.05, 0.1) is 67.6 Å². The van der Waals surface area contributed by atoms with Crippen molar-refractivity contribution in [1.29, 1.82) is 0 Å². The largest absolute Gasteiger partial charge is 0.458 e. The van der Waals surface area contributed by atoms with Crippen molar-refractivity contribution in [2.45, 2.75) is 350 Å². The van der Waals surface area contributed by atoms with Crippen LogP contribution in [0.4, 0.5) is 0 Å². The van der Waals surface area contributed by atoms with Crippen LogP contribution in [0.3, 0.4) is 0 Å². The molecule has 492 valence electrons. The van der Waals surface area contributed by atoms with E-state index in [1.54, 1.807) is 7.11 Å². The van der Waals surface area contributed by atoms with E-state index in [-0.39, 0.29) is 69.1 Å². The minimum Gasteiger partial charge on any atom is -0.458 e. The Morgan fingerprint density at radius 3 is 1.94 bits per heavy atom. The lowest BCUT2D eigenvalue weighted by molar-refractivity contribution is -0.269. The summed E-state index contributed by atoms with van der Waals surface area (Å²) in [5.41, 5.74) is 0.409. The van der Waals surface area contributed by atoms with Crippen LogP contribution >= 0.6 is 22.6 Å². The van der Waals surface area contributed by atoms with Gasteiger partial charge in [-0.05, 0) is 135 Å². The van der Waals surface area contributed by atoms with E-state index < -0.39 is 118 Å². The van der Waals surface area contributed by atoms with E-state index in [2.05, 4.69) is 184 Å². The summed E-state index contributed by atoms with van der Waals surface area (Å²) in [5.74, 6) is -0.866. The molecule has 85 heavy (non-hydrogen) atoms. The lowest BCUT2D eigenvalue weighted by Gasteiger charge is -2.53. The monoisotopic (exact) mass is 1380 g/mol. The highest BCUT2D eigenvalue weighted by Gasteiger charge is 2.57. The van der Waals surface area contributed by atoms with Crippen molar-refractivity contribution in [1.82, 2.24) is 0 Å². The second kappa shape index (κ2) is 28.6. The summed E-state index contributed by atoms with van der Waals surface area (Å²) >= 11 is 2.49. The van der Waals surface area contributed by atoms with Crippen molar-refractivity contribution < 1.29 is 65.6 Å². The number of Topliss-reactive ketones (excluding diaryl/α,β-unsaturated/α-hetero) is 1. The van der Waals surface area contributed by atoms with Gasteiger partial charge in [0.1, 0.15) is 41.9 Å². The molecule has 7 bridgehead atoms. The minimum absolute atomic E-state index is 0.00826. The molecule has 1 N–H and O–H groups in total. The summed E-state index contributed by atoms with van der Waals surface area (Å²) in [6.45, 7) is 53.8. The molecular weight excluding hydrogens is 1260 g/mol. The van der Waals surface area contributed by atoms with Crippen LogP contribution in [0, 0.1) is 11.8 Å². The van der Waals surface area contributed by atoms with Gasteiger partial charge in [-0.3, -0.25) is 9.59 Å². The first kappa shape index (κ1) is 73.8. The quantitative estimate of drug-likeness (QED) is 0.0576. The maximum absolute atomic E-state index is 15.1. The number of hydrogen-bond donors (Lipinski definition) is 1. The number of rotatable bonds is 14. The molecule has 8 aliphatic rings. The Bertz CT molecular complexity index is 2250. The third-order valence-corrected chi connectivity index (χ3v) is 41.4. The van der Waals surface area contributed by atoms with Crippen molar-refractivity contribution >= 4 is 67.6 Å². The summed E-state index contributed by atoms with van der Waals surface area (Å²) < 4.78 is 78.2. The Hall–Kier alpha value is -0.222. The van der Waals surface area contributed by atoms with Gasteiger partial charge in [0, 0.05) is 56.5 Å². The Morgan fingerprint density at radius 2 is 1.35 bits per heavy atom. The van der Waals surface area contributed by atoms with E-state index in [4.69, 9.17) is 50.9 Å². The summed E-state index contributed by atoms with van der Waals surface area (Å²) in [7, 11) is -7.78. The zero-order valence-electron chi connectivity index (χ0n) is 57.4. The maximum Gasteiger partial charge on any atom is 0.303 e. The van der Waals surface area contributed by atoms with Gasteiger partial charge in [0.2, 0.25) is 0 Å². The van der Waals surface area contributed by atoms with Crippen molar-refractivity contribution in [3.63, 3.8) is 0 Å². The maximum atomic E-state index is 15.1. The molecule has 8 rings (SSSR count). The molecule has 0 spiro atoms. The van der Waals surface area contributed by atoms with Crippen LogP contribution < -0.4 is 0 Å². The van der Waals surface area contributed by atoms with E-state index in [1.165, 1.54) is 6.92 Å². The fourth-order valence-corrected chi connectivity index (χ4v) is 18.6. The van der Waals surface area contributed by atoms with Gasteiger partial charge in [0.25, 0.3) is 0 Å². The molecule has 14 nitrogen and oxygen atoms in total. The average molecular weight is 1380 g/mol. The van der Waals surface area contributed by atoms with Crippen LogP contribution in [0.1, 0.15) is 180 Å². The Kier molecular flexibility index (Phi) is 24.8. The van der Waals surface area contributed by atoms with Crippen molar-refractivity contribution in [3.8, 4) is 0 Å². The highest BCUT2D eigenvalue weighted by Crippen LogP contribution is 2.49. The van der Waals surface area contributed by atoms with E-state index >= 15 is 4.79 Å². The van der Waals surface area contributed by atoms with Gasteiger partial charge in [-0.25, -0.2) is 0 Å². The lowest BCUT2D eigenvalue weighted by Crippen LogP contribution is -2.67. The normalized spacial score (nSPS) is 36.5. The zero-order valence-corrected chi connectivity index (χ0v) is 63.6. The van der Waals surface area contributed by atoms with Crippen LogP contribution in [0.2, 0.25) is 72.5 Å². The predicted octanol–water partition coefficient (Wildman–Crippen LogP) is 15.1. The predicted molar refractivity (Wildman–Crippen MR) is 359 cm³/mol. The fraction of sp³-hybridized carbons (Fsp3) is 0.909. The van der Waals surface area contributed by atoms with E-state index in [1.807, 2.05) is 0 Å². The second-order valence-corrected chi connectivity index (χ2v) is 52.7. The number of fused-ring (bicyclic) bond motifs is 2. The summed E-state index contributed by atoms with van der Waals surface area (Å²) in [6.07, 6.45) is 5.71. The number of halogens is 1. The van der Waals surface area contributed by atoms with E-state index in [0.29, 0.717) is 32.3 Å². The molecule has 0 amide bonds. The molecule has 5 unspecified atom stereocenters. The van der Waals surface area contributed by atoms with Gasteiger partial charge in [-0.2, -0.15) is 0 Å². The fourth-order valence-electron chi connectivity index (χ4n) is 12.7. The highest BCUT2D eigenvalue weighted by molar-refractivity contribution is 14.1. The Balaban J connectivity index is 1.40. The summed E-state index contributed by atoms with van der Waals surface area (Å²) in [6, 6.07) is 0. The van der Waals surface area contributed by atoms with Gasteiger partial charge >= 0.3 is 5.97 Å². The molecule has 0 aromatic heterocycles. The Morgan fingerprint density at radius 1 is 0.741 bits per heavy atom. The standard InChI is InChI=1S/C66H121IO14Si4/c1-42-34-47-31-33-56-66(41-67,78-47)39-48(74-56)28-26-25-27-29-52(80-84(21,22)64(10,11)12)60-61(81-85(23,24)65(13,14)15)57(70)59-51(77-60)32-30-46(75-59)35-45(69)36-50-54(38-53(43(42)2)73-44(3)68)76-55(58(50)71-16)37-49(79-83(19,20)63(7,8)9)40-72-82(17,18)62(4,5)6/h27,29,42,46-61,70H,2,25-26,28,30-41H2,1,3-24H3/b29-27+/t42-,46-,47?,48+,49+,50+,51+,52?,53-,54+,55?,56+,57+,58-,59+,60+,61?,66?/m1/s1. The summed E-state index contributed by atoms with van der Waals surface area (Å²) in [5, 5.41) is 12.6. The number of esters is 1. The second-order valence-electron chi connectivity index (χ2n) is 32.8. The number of ketones is 1. The third-order valence-electron chi connectivity index (χ3n) is 22.2. The number of methoxy groups -OCH3 is 1. The Labute approximate surface area is 534 Å². The minimum atomic E-state index is -2.54. The first-order valence-electron chi connectivity index (χ1n) is 32.7. The molecule has 5 saturated heterocycles. The number of allylic oxidation sites excluding steroid dienone is 1. The SMILES string of the molecule is C=C1[C@H](C)CC2CC[C@@H]3O[C@@H](CCC/C=C/C(O[Si](C)(C)C(C)(C)C)[C@@H]4O[C@H]5CC[C@H](CC(=O)C[C@H]6[C@H](C[C@H]1OC(C)=O)OC(C[C@@H](CO[Si](C)(C)C(C)(C)C)O[Si](C)(C)C(C)(C)C)[C@@H]6OC)O[C@@H]5[C@H](O)C4O[Si](C)(C)C(C)(C)C)CC3(CI)O2. The lowest BCUT2D eigenvalue weighted by atomic mass is 9.81. The number of hydrogen-bond acceptors (Lipinski definition) is 14. The molecule has 0 radical (unpaired) electrons. The van der Waals surface area contributed by atoms with Crippen LogP contribution in [0.15, 0.2) is 24.3 Å². The molecular formula is C66H121IO14Si4. The van der Waals surface area contributed by atoms with E-state index in [9.17, 15) is 9.90 Å². The molecule has 0 aliphatic carbocycles. The molecule has 0 saturated carbocycles. The number of aliphatic hydroxyl groups excluding tert-OH is 1.